The number of hydrogen-bond donors (Lipinski definition) is 4. The van der Waals surface area contributed by atoms with Crippen molar-refractivity contribution < 1.29 is 25.9 Å². The second kappa shape index (κ2) is 6.96. The minimum absolute atomic E-state index is 0.0671. The molecule has 0 saturated heterocycles. The molecule has 0 saturated carbocycles. The summed E-state index contributed by atoms with van der Waals surface area (Å²) in [7, 11) is -8.28. The normalized spacial score (nSPS) is 11.4. The summed E-state index contributed by atoms with van der Waals surface area (Å²) in [4.78, 5) is -0.425. The molecule has 0 aliphatic carbocycles. The van der Waals surface area contributed by atoms with Gasteiger partial charge in [-0.25, -0.2) is 0 Å². The van der Waals surface area contributed by atoms with Crippen molar-refractivity contribution >= 4 is 31.6 Å². The molecule has 10 heteroatoms. The molecule has 0 radical (unpaired) electrons. The molecule has 126 valence electrons. The van der Waals surface area contributed by atoms with E-state index in [2.05, 4.69) is 0 Å². The van der Waals surface area contributed by atoms with Crippen LogP contribution in [0, 0.1) is 6.92 Å². The summed E-state index contributed by atoms with van der Waals surface area (Å²) in [6.07, 6.45) is 0. The van der Waals surface area contributed by atoms with Gasteiger partial charge in [0.25, 0.3) is 20.2 Å². The van der Waals surface area contributed by atoms with Crippen LogP contribution in [0.3, 0.4) is 0 Å². The number of nitrogen functional groups attached to an aromatic ring is 2. The van der Waals surface area contributed by atoms with E-state index in [9.17, 15) is 16.8 Å². The molecule has 0 aromatic heterocycles. The molecule has 0 heterocycles. The molecule has 2 rings (SSSR count). The van der Waals surface area contributed by atoms with Gasteiger partial charge in [-0.15, -0.1) is 0 Å². The summed E-state index contributed by atoms with van der Waals surface area (Å²) in [6.45, 7) is 1.78. The van der Waals surface area contributed by atoms with E-state index in [0.29, 0.717) is 5.69 Å². The summed E-state index contributed by atoms with van der Waals surface area (Å²) >= 11 is 0. The molecule has 0 aliphatic rings. The van der Waals surface area contributed by atoms with Crippen molar-refractivity contribution in [3.63, 3.8) is 0 Å². The summed E-state index contributed by atoms with van der Waals surface area (Å²) in [5.41, 5.74) is 11.9. The van der Waals surface area contributed by atoms with Crippen LogP contribution in [-0.2, 0) is 20.2 Å². The fourth-order valence-corrected chi connectivity index (χ4v) is 2.71. The average molecular weight is 360 g/mol. The SMILES string of the molecule is Cc1ccc(S(=O)(=O)O)c(N)c1.Nc1cccc(S(=O)(=O)O)c1. The van der Waals surface area contributed by atoms with E-state index in [4.69, 9.17) is 20.6 Å². The molecular formula is C13H16N2O6S2. The molecule has 2 aromatic rings. The second-order valence-electron chi connectivity index (χ2n) is 4.56. The highest BCUT2D eigenvalue weighted by Crippen LogP contribution is 2.18. The molecule has 0 atom stereocenters. The summed E-state index contributed by atoms with van der Waals surface area (Å²) in [5.74, 6) is 0. The molecule has 6 N–H and O–H groups in total. The summed E-state index contributed by atoms with van der Waals surface area (Å²) in [6, 6.07) is 9.79. The standard InChI is InChI=1S/C7H9NO3S.C6H7NO3S/c1-5-2-3-7(6(8)4-5)12(9,10)11;7-5-2-1-3-6(4-5)11(8,9)10/h2-4H,8H2,1H3,(H,9,10,11);1-4H,7H2,(H,8,9,10). The lowest BCUT2D eigenvalue weighted by Gasteiger charge is -2.01. The first kappa shape index (κ1) is 18.9. The smallest absolute Gasteiger partial charge is 0.296 e. The highest BCUT2D eigenvalue weighted by molar-refractivity contribution is 7.86. The van der Waals surface area contributed by atoms with Crippen LogP contribution in [-0.4, -0.2) is 25.9 Å². The minimum Gasteiger partial charge on any atom is -0.399 e. The highest BCUT2D eigenvalue weighted by atomic mass is 32.2. The fraction of sp³-hybridized carbons (Fsp3) is 0.0769. The molecule has 8 nitrogen and oxygen atoms in total. The molecule has 0 amide bonds. The molecule has 23 heavy (non-hydrogen) atoms. The second-order valence-corrected chi connectivity index (χ2v) is 7.38. The number of rotatable bonds is 2. The van der Waals surface area contributed by atoms with Gasteiger partial charge < -0.3 is 11.5 Å². The van der Waals surface area contributed by atoms with E-state index in [1.165, 1.54) is 36.4 Å². The molecule has 2 aromatic carbocycles. The molecule has 0 spiro atoms. The first-order valence-electron chi connectivity index (χ1n) is 6.08. The lowest BCUT2D eigenvalue weighted by atomic mass is 10.2. The number of anilines is 2. The van der Waals surface area contributed by atoms with Crippen molar-refractivity contribution in [2.24, 2.45) is 0 Å². The van der Waals surface area contributed by atoms with Gasteiger partial charge in [0.1, 0.15) is 4.90 Å². The van der Waals surface area contributed by atoms with E-state index >= 15 is 0 Å². The highest BCUT2D eigenvalue weighted by Gasteiger charge is 2.12. The predicted molar refractivity (Wildman–Crippen MR) is 86.1 cm³/mol. The topological polar surface area (TPSA) is 161 Å². The molecule has 0 aliphatic heterocycles. The van der Waals surface area contributed by atoms with Crippen LogP contribution in [0.4, 0.5) is 11.4 Å². The third-order valence-electron chi connectivity index (χ3n) is 2.60. The van der Waals surface area contributed by atoms with Crippen LogP contribution in [0.1, 0.15) is 5.56 Å². The molecular weight excluding hydrogens is 344 g/mol. The summed E-state index contributed by atoms with van der Waals surface area (Å²) < 4.78 is 59.4. The predicted octanol–water partition coefficient (Wildman–Crippen LogP) is 1.34. The van der Waals surface area contributed by atoms with Gasteiger partial charge in [-0.3, -0.25) is 9.11 Å². The maximum atomic E-state index is 10.6. The van der Waals surface area contributed by atoms with Gasteiger partial charge in [0, 0.05) is 5.69 Å². The Labute approximate surface area is 134 Å². The van der Waals surface area contributed by atoms with Gasteiger partial charge >= 0.3 is 0 Å². The third kappa shape index (κ3) is 5.87. The third-order valence-corrected chi connectivity index (χ3v) is 4.38. The largest absolute Gasteiger partial charge is 0.399 e. The van der Waals surface area contributed by atoms with Crippen molar-refractivity contribution in [1.29, 1.82) is 0 Å². The van der Waals surface area contributed by atoms with E-state index in [0.717, 1.165) is 5.56 Å². The van der Waals surface area contributed by atoms with E-state index in [-0.39, 0.29) is 15.5 Å². The lowest BCUT2D eigenvalue weighted by Crippen LogP contribution is -2.02. The molecule has 0 bridgehead atoms. The first-order chi connectivity index (χ1) is 10.4. The van der Waals surface area contributed by atoms with Crippen LogP contribution < -0.4 is 11.5 Å². The van der Waals surface area contributed by atoms with Crippen LogP contribution in [0.15, 0.2) is 52.3 Å². The Morgan fingerprint density at radius 2 is 1.48 bits per heavy atom. The van der Waals surface area contributed by atoms with Crippen molar-refractivity contribution in [3.8, 4) is 0 Å². The Morgan fingerprint density at radius 3 is 1.87 bits per heavy atom. The zero-order chi connectivity index (χ0) is 17.8. The Morgan fingerprint density at radius 1 is 0.870 bits per heavy atom. The lowest BCUT2D eigenvalue weighted by molar-refractivity contribution is 0.481. The van der Waals surface area contributed by atoms with Crippen molar-refractivity contribution in [1.82, 2.24) is 0 Å². The Hall–Kier alpha value is -2.14. The monoisotopic (exact) mass is 360 g/mol. The van der Waals surface area contributed by atoms with Crippen molar-refractivity contribution in [3.05, 3.63) is 48.0 Å². The van der Waals surface area contributed by atoms with Gasteiger partial charge in [-0.2, -0.15) is 16.8 Å². The minimum atomic E-state index is -4.18. The number of benzene rings is 2. The maximum Gasteiger partial charge on any atom is 0.296 e. The van der Waals surface area contributed by atoms with Gasteiger partial charge in [0.2, 0.25) is 0 Å². The molecule has 0 fully saturated rings. The Bertz CT molecular complexity index is 908. The van der Waals surface area contributed by atoms with Crippen molar-refractivity contribution in [2.75, 3.05) is 11.5 Å². The summed E-state index contributed by atoms with van der Waals surface area (Å²) in [5, 5.41) is 0. The zero-order valence-corrected chi connectivity index (χ0v) is 13.7. The first-order valence-corrected chi connectivity index (χ1v) is 8.96. The number of hydrogen-bond acceptors (Lipinski definition) is 6. The van der Waals surface area contributed by atoms with E-state index < -0.39 is 20.2 Å². The van der Waals surface area contributed by atoms with Crippen molar-refractivity contribution in [2.45, 2.75) is 16.7 Å². The van der Waals surface area contributed by atoms with Crippen LogP contribution in [0.2, 0.25) is 0 Å². The quantitative estimate of drug-likeness (QED) is 0.461. The van der Waals surface area contributed by atoms with Gasteiger partial charge in [-0.1, -0.05) is 12.1 Å². The Kier molecular flexibility index (Phi) is 5.72. The van der Waals surface area contributed by atoms with E-state index in [1.807, 2.05) is 0 Å². The zero-order valence-electron chi connectivity index (χ0n) is 12.0. The average Bonchev–Trinajstić information content (AvgIpc) is 2.36. The van der Waals surface area contributed by atoms with Gasteiger partial charge in [0.05, 0.1) is 10.6 Å². The van der Waals surface area contributed by atoms with Crippen LogP contribution >= 0.6 is 0 Å². The van der Waals surface area contributed by atoms with Gasteiger partial charge in [0.15, 0.2) is 0 Å². The Balaban J connectivity index is 0.000000231. The van der Waals surface area contributed by atoms with Gasteiger partial charge in [-0.05, 0) is 42.8 Å². The van der Waals surface area contributed by atoms with E-state index in [1.54, 1.807) is 13.0 Å². The van der Waals surface area contributed by atoms with Crippen LogP contribution in [0.25, 0.3) is 0 Å². The molecule has 0 unspecified atom stereocenters. The number of aryl methyl sites for hydroxylation is 1. The van der Waals surface area contributed by atoms with Crippen LogP contribution in [0.5, 0.6) is 0 Å². The maximum absolute atomic E-state index is 10.6. The number of nitrogens with two attached hydrogens (primary N) is 2. The fourth-order valence-electron chi connectivity index (χ4n) is 1.58.